The topological polar surface area (TPSA) is 86.1 Å². The number of aryl methyl sites for hydroxylation is 1. The molecule has 2 rings (SSSR count). The van der Waals surface area contributed by atoms with Gasteiger partial charge in [-0.25, -0.2) is 4.68 Å². The molecule has 6 heteroatoms. The summed E-state index contributed by atoms with van der Waals surface area (Å²) in [4.78, 5) is 0. The third-order valence-electron chi connectivity index (χ3n) is 3.30. The molecule has 0 saturated carbocycles. The van der Waals surface area contributed by atoms with Crippen molar-refractivity contribution in [2.75, 3.05) is 12.8 Å². The van der Waals surface area contributed by atoms with Gasteiger partial charge in [-0.2, -0.15) is 5.26 Å². The number of hydrogen-bond donors (Lipinski definition) is 1. The Kier molecular flexibility index (Phi) is 5.26. The average molecular weight is 300 g/mol. The summed E-state index contributed by atoms with van der Waals surface area (Å²) < 4.78 is 12.5. The molecule has 0 spiro atoms. The minimum absolute atomic E-state index is 0.277. The smallest absolute Gasteiger partial charge is 0.253 e. The number of rotatable bonds is 7. The van der Waals surface area contributed by atoms with Crippen LogP contribution >= 0.6 is 0 Å². The molecule has 0 aliphatic heterocycles. The van der Waals surface area contributed by atoms with Crippen LogP contribution in [0.25, 0.3) is 0 Å². The third kappa shape index (κ3) is 3.50. The van der Waals surface area contributed by atoms with Gasteiger partial charge in [-0.3, -0.25) is 0 Å². The van der Waals surface area contributed by atoms with Crippen LogP contribution in [-0.2, 0) is 13.2 Å². The van der Waals surface area contributed by atoms with Crippen molar-refractivity contribution in [2.45, 2.75) is 32.9 Å². The van der Waals surface area contributed by atoms with Crippen molar-refractivity contribution in [1.29, 1.82) is 5.26 Å². The molecule has 0 fully saturated rings. The van der Waals surface area contributed by atoms with Crippen LogP contribution in [0.15, 0.2) is 24.3 Å². The molecule has 0 aliphatic carbocycles. The van der Waals surface area contributed by atoms with E-state index in [-0.39, 0.29) is 5.88 Å². The van der Waals surface area contributed by atoms with Crippen molar-refractivity contribution in [2.24, 2.45) is 0 Å². The van der Waals surface area contributed by atoms with Crippen molar-refractivity contribution in [3.8, 4) is 17.7 Å². The average Bonchev–Trinajstić information content (AvgIpc) is 2.86. The molecule has 1 heterocycles. The Balaban J connectivity index is 2.13. The summed E-state index contributed by atoms with van der Waals surface area (Å²) >= 11 is 0. The predicted molar refractivity (Wildman–Crippen MR) is 83.6 cm³/mol. The van der Waals surface area contributed by atoms with E-state index in [0.717, 1.165) is 24.2 Å². The molecule has 2 N–H and O–H groups in total. The van der Waals surface area contributed by atoms with Crippen LogP contribution in [0, 0.1) is 11.3 Å². The Bertz CT molecular complexity index is 673. The van der Waals surface area contributed by atoms with Gasteiger partial charge in [-0.15, -0.1) is 5.10 Å². The van der Waals surface area contributed by atoms with Crippen LogP contribution in [0.5, 0.6) is 11.6 Å². The van der Waals surface area contributed by atoms with Crippen molar-refractivity contribution in [3.05, 3.63) is 35.4 Å². The van der Waals surface area contributed by atoms with E-state index < -0.39 is 0 Å². The number of hydrogen-bond acceptors (Lipinski definition) is 5. The summed E-state index contributed by atoms with van der Waals surface area (Å²) in [6, 6.07) is 9.61. The highest BCUT2D eigenvalue weighted by atomic mass is 16.5. The summed E-state index contributed by atoms with van der Waals surface area (Å²) in [5.41, 5.74) is 7.17. The van der Waals surface area contributed by atoms with Crippen LogP contribution in [-0.4, -0.2) is 16.9 Å². The fourth-order valence-electron chi connectivity index (χ4n) is 2.05. The van der Waals surface area contributed by atoms with E-state index in [9.17, 15) is 5.26 Å². The second-order valence-corrected chi connectivity index (χ2v) is 4.89. The molecular weight excluding hydrogens is 280 g/mol. The van der Waals surface area contributed by atoms with Crippen molar-refractivity contribution in [1.82, 2.24) is 9.78 Å². The first-order valence-corrected chi connectivity index (χ1v) is 7.21. The quantitative estimate of drug-likeness (QED) is 0.849. The number of nitriles is 1. The van der Waals surface area contributed by atoms with Gasteiger partial charge in [-0.05, 0) is 24.1 Å². The summed E-state index contributed by atoms with van der Waals surface area (Å²) in [7, 11) is 1.61. The van der Waals surface area contributed by atoms with E-state index in [1.807, 2.05) is 24.3 Å². The molecule has 0 bridgehead atoms. The minimum Gasteiger partial charge on any atom is -0.497 e. The Morgan fingerprint density at radius 2 is 2.23 bits per heavy atom. The van der Waals surface area contributed by atoms with Crippen molar-refractivity contribution < 1.29 is 9.47 Å². The van der Waals surface area contributed by atoms with Crippen LogP contribution in [0.2, 0.25) is 0 Å². The second kappa shape index (κ2) is 7.36. The number of nitrogens with two attached hydrogens (primary N) is 1. The van der Waals surface area contributed by atoms with Gasteiger partial charge >= 0.3 is 0 Å². The van der Waals surface area contributed by atoms with Crippen LogP contribution < -0.4 is 15.2 Å². The summed E-state index contributed by atoms with van der Waals surface area (Å²) in [6.45, 7) is 3.07. The highest BCUT2D eigenvalue weighted by Gasteiger charge is 2.16. The molecule has 2 aromatic rings. The zero-order valence-corrected chi connectivity index (χ0v) is 12.9. The van der Waals surface area contributed by atoms with Crippen molar-refractivity contribution in [3.63, 3.8) is 0 Å². The molecule has 0 radical (unpaired) electrons. The molecule has 0 amide bonds. The number of nitrogen functional groups attached to an aromatic ring is 1. The number of methoxy groups -OCH3 is 1. The lowest BCUT2D eigenvalue weighted by Crippen LogP contribution is -2.05. The molecule has 116 valence electrons. The molecule has 0 saturated heterocycles. The Labute approximate surface area is 130 Å². The van der Waals surface area contributed by atoms with Crippen LogP contribution in [0.4, 0.5) is 5.82 Å². The molecule has 6 nitrogen and oxygen atoms in total. The molecule has 0 unspecified atom stereocenters. The number of anilines is 1. The lowest BCUT2D eigenvalue weighted by molar-refractivity contribution is 0.287. The van der Waals surface area contributed by atoms with Gasteiger partial charge in [0.05, 0.1) is 7.11 Å². The Morgan fingerprint density at radius 1 is 1.41 bits per heavy atom. The fourth-order valence-corrected chi connectivity index (χ4v) is 2.05. The maximum Gasteiger partial charge on any atom is 0.253 e. The standard InChI is InChI=1S/C16H20N4O2/c1-3-4-8-20-15(18)14(10-17)16(19-20)22-11-12-6-5-7-13(9-12)21-2/h5-7,9H,3-4,8,11,18H2,1-2H3. The van der Waals surface area contributed by atoms with Gasteiger partial charge in [-0.1, -0.05) is 25.5 Å². The van der Waals surface area contributed by atoms with E-state index in [2.05, 4.69) is 18.1 Å². The monoisotopic (exact) mass is 300 g/mol. The largest absolute Gasteiger partial charge is 0.497 e. The predicted octanol–water partition coefficient (Wildman–Crippen LogP) is 2.72. The molecule has 1 aromatic heterocycles. The second-order valence-electron chi connectivity index (χ2n) is 4.89. The molecule has 1 aromatic carbocycles. The lowest BCUT2D eigenvalue weighted by Gasteiger charge is -2.05. The first-order valence-electron chi connectivity index (χ1n) is 7.21. The fraction of sp³-hybridized carbons (Fsp3) is 0.375. The van der Waals surface area contributed by atoms with Gasteiger partial charge in [0.1, 0.15) is 24.2 Å². The highest BCUT2D eigenvalue weighted by molar-refractivity contribution is 5.55. The number of ether oxygens (including phenoxy) is 2. The SMILES string of the molecule is CCCCn1nc(OCc2cccc(OC)c2)c(C#N)c1N. The maximum atomic E-state index is 9.23. The maximum absolute atomic E-state index is 9.23. The molecule has 0 aliphatic rings. The first-order chi connectivity index (χ1) is 10.7. The van der Waals surface area contributed by atoms with Gasteiger partial charge in [0.25, 0.3) is 5.88 Å². The summed E-state index contributed by atoms with van der Waals surface area (Å²) in [5.74, 6) is 1.39. The number of nitrogens with zero attached hydrogens (tertiary/aromatic N) is 3. The van der Waals surface area contributed by atoms with Crippen molar-refractivity contribution >= 4 is 5.82 Å². The lowest BCUT2D eigenvalue weighted by atomic mass is 10.2. The Morgan fingerprint density at radius 3 is 2.91 bits per heavy atom. The molecular formula is C16H20N4O2. The third-order valence-corrected chi connectivity index (χ3v) is 3.30. The van der Waals surface area contributed by atoms with Crippen LogP contribution in [0.3, 0.4) is 0 Å². The summed E-state index contributed by atoms with van der Waals surface area (Å²) in [6.07, 6.45) is 1.98. The number of aromatic nitrogens is 2. The van der Waals surface area contributed by atoms with Gasteiger partial charge < -0.3 is 15.2 Å². The molecule has 0 atom stereocenters. The highest BCUT2D eigenvalue weighted by Crippen LogP contribution is 2.24. The zero-order chi connectivity index (χ0) is 15.9. The van der Waals surface area contributed by atoms with E-state index in [1.165, 1.54) is 0 Å². The zero-order valence-electron chi connectivity index (χ0n) is 12.9. The van der Waals surface area contributed by atoms with E-state index in [4.69, 9.17) is 15.2 Å². The van der Waals surface area contributed by atoms with Gasteiger partial charge in [0.2, 0.25) is 0 Å². The molecule has 22 heavy (non-hydrogen) atoms. The van der Waals surface area contributed by atoms with E-state index in [0.29, 0.717) is 24.5 Å². The summed E-state index contributed by atoms with van der Waals surface area (Å²) in [5, 5.41) is 13.5. The number of unbranched alkanes of at least 4 members (excludes halogenated alkanes) is 1. The first kappa shape index (κ1) is 15.7. The van der Waals surface area contributed by atoms with E-state index in [1.54, 1.807) is 11.8 Å². The Hall–Kier alpha value is -2.68. The van der Waals surface area contributed by atoms with Gasteiger partial charge in [0, 0.05) is 6.54 Å². The van der Waals surface area contributed by atoms with E-state index >= 15 is 0 Å². The number of benzene rings is 1. The van der Waals surface area contributed by atoms with Crippen LogP contribution in [0.1, 0.15) is 30.9 Å². The normalized spacial score (nSPS) is 10.2. The van der Waals surface area contributed by atoms with Gasteiger partial charge in [0.15, 0.2) is 5.56 Å². The minimum atomic E-state index is 0.277.